The van der Waals surface area contributed by atoms with Crippen LogP contribution in [0.3, 0.4) is 0 Å². The lowest BCUT2D eigenvalue weighted by Crippen LogP contribution is -2.47. The van der Waals surface area contributed by atoms with Gasteiger partial charge in [0.25, 0.3) is 12.3 Å². The molecule has 3 aromatic heterocycles. The van der Waals surface area contributed by atoms with Gasteiger partial charge in [-0.3, -0.25) is 19.7 Å². The molecule has 0 radical (unpaired) electrons. The van der Waals surface area contributed by atoms with E-state index in [2.05, 4.69) is 32.9 Å². The van der Waals surface area contributed by atoms with Crippen molar-refractivity contribution in [3.8, 4) is 5.75 Å². The summed E-state index contributed by atoms with van der Waals surface area (Å²) in [5.41, 5.74) is 2.97. The number of carbonyl (C=O) groups excluding carboxylic acids is 3. The van der Waals surface area contributed by atoms with Gasteiger partial charge in [-0.25, -0.2) is 23.1 Å². The van der Waals surface area contributed by atoms with E-state index in [9.17, 15) is 27.6 Å². The average Bonchev–Trinajstić information content (AvgIpc) is 3.57. The number of hydrogen-bond acceptors (Lipinski definition) is 8. The van der Waals surface area contributed by atoms with E-state index >= 15 is 0 Å². The number of anilines is 2. The van der Waals surface area contributed by atoms with Crippen molar-refractivity contribution in [1.29, 1.82) is 0 Å². The lowest BCUT2D eigenvalue weighted by atomic mass is 9.87. The molecule has 0 spiro atoms. The maximum Gasteiger partial charge on any atom is 0.280 e. The van der Waals surface area contributed by atoms with Crippen molar-refractivity contribution in [2.24, 2.45) is 0 Å². The second kappa shape index (κ2) is 17.4. The van der Waals surface area contributed by atoms with Crippen LogP contribution in [0.25, 0.3) is 5.65 Å². The summed E-state index contributed by atoms with van der Waals surface area (Å²) < 4.78 is 48.0. The third-order valence-electron chi connectivity index (χ3n) is 10.2. The number of carbonyl (C=O) groups is 3. The van der Waals surface area contributed by atoms with E-state index in [0.717, 1.165) is 50.0 Å². The van der Waals surface area contributed by atoms with Gasteiger partial charge < -0.3 is 24.7 Å². The first kappa shape index (κ1) is 38.7. The average molecular weight is 748 g/mol. The van der Waals surface area contributed by atoms with Crippen molar-refractivity contribution in [2.45, 2.75) is 102 Å². The van der Waals surface area contributed by atoms with Gasteiger partial charge in [-0.2, -0.15) is 0 Å². The smallest absolute Gasteiger partial charge is 0.280 e. The highest BCUT2D eigenvalue weighted by molar-refractivity contribution is 6.06. The van der Waals surface area contributed by atoms with Gasteiger partial charge in [-0.1, -0.05) is 31.4 Å². The fraction of sp³-hybridized carbons (Fsp3) is 0.475. The SMILES string of the molecule is CC(C)Oc1cc2nc(C3CCCCC3)cn2cc1C(=O)Nc1cccc(C(F)F)n1.CN1CCC(c2ccc(NC3CCC(=O)NC3=O)cc2F)CC1. The summed E-state index contributed by atoms with van der Waals surface area (Å²) in [6.45, 7) is 5.72. The molecule has 1 aliphatic carbocycles. The molecule has 3 aliphatic rings. The minimum Gasteiger partial charge on any atom is -0.490 e. The quantitative estimate of drug-likeness (QED) is 0.149. The molecule has 1 saturated carbocycles. The van der Waals surface area contributed by atoms with Gasteiger partial charge in [0.2, 0.25) is 11.8 Å². The molecule has 1 unspecified atom stereocenters. The molecule has 1 aromatic carbocycles. The molecule has 7 rings (SSSR count). The van der Waals surface area contributed by atoms with Gasteiger partial charge >= 0.3 is 0 Å². The third-order valence-corrected chi connectivity index (χ3v) is 10.2. The highest BCUT2D eigenvalue weighted by atomic mass is 19.3. The van der Waals surface area contributed by atoms with Crippen molar-refractivity contribution in [3.05, 3.63) is 83.2 Å². The van der Waals surface area contributed by atoms with E-state index in [4.69, 9.17) is 9.72 Å². The summed E-state index contributed by atoms with van der Waals surface area (Å²) in [5, 5.41) is 7.91. The Morgan fingerprint density at radius 3 is 2.39 bits per heavy atom. The molecule has 3 amide bonds. The first-order chi connectivity index (χ1) is 25.9. The van der Waals surface area contributed by atoms with E-state index in [-0.39, 0.29) is 41.0 Å². The van der Waals surface area contributed by atoms with E-state index in [1.54, 1.807) is 12.3 Å². The number of imide groups is 1. The largest absolute Gasteiger partial charge is 0.490 e. The van der Waals surface area contributed by atoms with Gasteiger partial charge in [0, 0.05) is 36.5 Å². The Morgan fingerprint density at radius 1 is 0.944 bits per heavy atom. The number of hydrogen-bond donors (Lipinski definition) is 3. The monoisotopic (exact) mass is 747 g/mol. The molecule has 11 nitrogen and oxygen atoms in total. The molecule has 2 aliphatic heterocycles. The van der Waals surface area contributed by atoms with Crippen LogP contribution < -0.4 is 20.7 Å². The summed E-state index contributed by atoms with van der Waals surface area (Å²) in [5.74, 6) is -0.158. The number of imidazole rings is 1. The van der Waals surface area contributed by atoms with Crippen molar-refractivity contribution < 1.29 is 32.3 Å². The summed E-state index contributed by atoms with van der Waals surface area (Å²) >= 11 is 0. The minimum atomic E-state index is -2.71. The standard InChI is InChI=1S/C23H26F2N4O2.C17H22FN3O2/c1-14(2)31-19-11-21-27-18(15-7-4-3-5-8-15)13-29(21)12-16(19)23(30)28-20-10-6-9-17(26-20)22(24)25;1-21-8-6-11(7-9-21)13-3-2-12(10-14(13)18)19-15-4-5-16(22)20-17(15)23/h6,9-15,22H,3-5,7-8H2,1-2H3,(H,26,28,30);2-3,10-11,15,19H,4-9H2,1H3,(H,20,22,23). The second-order valence-electron chi connectivity index (χ2n) is 14.6. The lowest BCUT2D eigenvalue weighted by Gasteiger charge is -2.29. The predicted molar refractivity (Wildman–Crippen MR) is 200 cm³/mol. The van der Waals surface area contributed by atoms with Crippen LogP contribution in [-0.2, 0) is 9.59 Å². The number of nitrogens with zero attached hydrogens (tertiary/aromatic N) is 4. The van der Waals surface area contributed by atoms with Crippen LogP contribution in [0.4, 0.5) is 24.7 Å². The van der Waals surface area contributed by atoms with Gasteiger partial charge in [0.05, 0.1) is 17.4 Å². The molecule has 4 aromatic rings. The van der Waals surface area contributed by atoms with Crippen molar-refractivity contribution in [2.75, 3.05) is 30.8 Å². The Labute approximate surface area is 313 Å². The topological polar surface area (TPSA) is 130 Å². The van der Waals surface area contributed by atoms with Crippen molar-refractivity contribution >= 4 is 34.9 Å². The Balaban J connectivity index is 0.000000193. The van der Waals surface area contributed by atoms with Gasteiger partial charge in [0.1, 0.15) is 34.8 Å². The number of likely N-dealkylation sites (tertiary alicyclic amines) is 1. The molecular formula is C40H48F3N7O4. The van der Waals surface area contributed by atoms with Crippen LogP contribution in [0.2, 0.25) is 0 Å². The molecular weight excluding hydrogens is 699 g/mol. The molecule has 3 fully saturated rings. The highest BCUT2D eigenvalue weighted by Crippen LogP contribution is 2.34. The molecule has 54 heavy (non-hydrogen) atoms. The number of pyridine rings is 2. The minimum absolute atomic E-state index is 0.0620. The van der Waals surface area contributed by atoms with Crippen LogP contribution in [0.1, 0.15) is 117 Å². The van der Waals surface area contributed by atoms with Crippen LogP contribution in [-0.4, -0.2) is 69.3 Å². The fourth-order valence-electron chi connectivity index (χ4n) is 7.28. The summed E-state index contributed by atoms with van der Waals surface area (Å²) in [7, 11) is 2.08. The Hall–Kier alpha value is -4.98. The first-order valence-corrected chi connectivity index (χ1v) is 18.8. The fourth-order valence-corrected chi connectivity index (χ4v) is 7.28. The maximum atomic E-state index is 14.4. The highest BCUT2D eigenvalue weighted by Gasteiger charge is 2.27. The van der Waals surface area contributed by atoms with Gasteiger partial charge in [0.15, 0.2) is 0 Å². The number of nitrogens with one attached hydrogen (secondary N) is 3. The van der Waals surface area contributed by atoms with E-state index in [0.29, 0.717) is 35.8 Å². The molecule has 0 bridgehead atoms. The number of alkyl halides is 2. The molecule has 3 N–H and O–H groups in total. The van der Waals surface area contributed by atoms with Crippen molar-refractivity contribution in [1.82, 2.24) is 24.6 Å². The van der Waals surface area contributed by atoms with Gasteiger partial charge in [-0.05, 0) is 102 Å². The van der Waals surface area contributed by atoms with Crippen LogP contribution >= 0.6 is 0 Å². The number of ether oxygens (including phenoxy) is 1. The summed E-state index contributed by atoms with van der Waals surface area (Å²) in [6, 6.07) is 10.5. The number of halogens is 3. The zero-order chi connectivity index (χ0) is 38.4. The van der Waals surface area contributed by atoms with E-state index in [1.807, 2.05) is 36.6 Å². The molecule has 1 atom stereocenters. The number of benzene rings is 1. The number of piperidine rings is 2. The van der Waals surface area contributed by atoms with Crippen LogP contribution in [0.5, 0.6) is 5.75 Å². The number of rotatable bonds is 9. The molecule has 288 valence electrons. The Morgan fingerprint density at radius 2 is 1.70 bits per heavy atom. The summed E-state index contributed by atoms with van der Waals surface area (Å²) in [6.07, 6.45) is 9.38. The molecule has 5 heterocycles. The van der Waals surface area contributed by atoms with Crippen LogP contribution in [0.15, 0.2) is 54.9 Å². The van der Waals surface area contributed by atoms with Gasteiger partial charge in [-0.15, -0.1) is 0 Å². The van der Waals surface area contributed by atoms with Crippen molar-refractivity contribution in [3.63, 3.8) is 0 Å². The van der Waals surface area contributed by atoms with Crippen LogP contribution in [0, 0.1) is 5.82 Å². The molecule has 14 heteroatoms. The zero-order valence-corrected chi connectivity index (χ0v) is 30.9. The third kappa shape index (κ3) is 9.76. The second-order valence-corrected chi connectivity index (χ2v) is 14.6. The Kier molecular flexibility index (Phi) is 12.5. The number of amides is 3. The normalized spacial score (nSPS) is 18.7. The van der Waals surface area contributed by atoms with E-state index < -0.39 is 24.1 Å². The number of aromatic nitrogens is 3. The first-order valence-electron chi connectivity index (χ1n) is 18.8. The maximum absolute atomic E-state index is 14.4. The zero-order valence-electron chi connectivity index (χ0n) is 30.9. The summed E-state index contributed by atoms with van der Waals surface area (Å²) in [4.78, 5) is 46.7. The Bertz CT molecular complexity index is 1950. The molecule has 2 saturated heterocycles. The predicted octanol–water partition coefficient (Wildman–Crippen LogP) is 7.61. The number of fused-ring (bicyclic) bond motifs is 1. The lowest BCUT2D eigenvalue weighted by molar-refractivity contribution is -0.133. The van der Waals surface area contributed by atoms with E-state index in [1.165, 1.54) is 43.5 Å².